The van der Waals surface area contributed by atoms with Gasteiger partial charge >= 0.3 is 0 Å². The van der Waals surface area contributed by atoms with Gasteiger partial charge in [-0.15, -0.1) is 0 Å². The summed E-state index contributed by atoms with van der Waals surface area (Å²) in [6.45, 7) is 2.02. The van der Waals surface area contributed by atoms with Gasteiger partial charge in [-0.3, -0.25) is 4.79 Å². The molecule has 26 heavy (non-hydrogen) atoms. The Labute approximate surface area is 153 Å². The summed E-state index contributed by atoms with van der Waals surface area (Å²) in [6, 6.07) is 19.2. The highest BCUT2D eigenvalue weighted by Crippen LogP contribution is 2.21. The Morgan fingerprint density at radius 2 is 1.85 bits per heavy atom. The van der Waals surface area contributed by atoms with Crippen molar-refractivity contribution in [2.75, 3.05) is 17.7 Å². The molecule has 0 bridgehead atoms. The van der Waals surface area contributed by atoms with Gasteiger partial charge in [-0.2, -0.15) is 0 Å². The number of carbonyl (C=O) groups excluding carboxylic acids is 1. The van der Waals surface area contributed by atoms with Crippen LogP contribution in [-0.2, 0) is 11.2 Å². The van der Waals surface area contributed by atoms with Gasteiger partial charge in [0.05, 0.1) is 25.4 Å². The van der Waals surface area contributed by atoms with Crippen LogP contribution in [0.4, 0.5) is 17.2 Å². The maximum absolute atomic E-state index is 12.1. The first kappa shape index (κ1) is 17.5. The van der Waals surface area contributed by atoms with Crippen molar-refractivity contribution in [1.82, 2.24) is 4.98 Å². The Bertz CT molecular complexity index is 875. The van der Waals surface area contributed by atoms with Crippen molar-refractivity contribution in [3.05, 3.63) is 78.0 Å². The lowest BCUT2D eigenvalue weighted by Gasteiger charge is -2.09. The van der Waals surface area contributed by atoms with Crippen LogP contribution in [0.3, 0.4) is 0 Å². The van der Waals surface area contributed by atoms with Crippen LogP contribution in [0.2, 0.25) is 0 Å². The predicted octanol–water partition coefficient (Wildman–Crippen LogP) is 4.32. The number of hydrogen-bond donors (Lipinski definition) is 2. The molecule has 1 amide bonds. The summed E-state index contributed by atoms with van der Waals surface area (Å²) >= 11 is 0. The highest BCUT2D eigenvalue weighted by Gasteiger charge is 2.05. The highest BCUT2D eigenvalue weighted by atomic mass is 16.5. The van der Waals surface area contributed by atoms with E-state index < -0.39 is 0 Å². The first-order chi connectivity index (χ1) is 12.6. The molecule has 1 aromatic heterocycles. The zero-order valence-corrected chi connectivity index (χ0v) is 14.8. The smallest absolute Gasteiger partial charge is 0.229 e. The lowest BCUT2D eigenvalue weighted by atomic mass is 10.1. The Kier molecular flexibility index (Phi) is 5.49. The topological polar surface area (TPSA) is 63.2 Å². The molecule has 5 heteroatoms. The third kappa shape index (κ3) is 4.83. The van der Waals surface area contributed by atoms with Crippen molar-refractivity contribution in [3.8, 4) is 5.75 Å². The lowest BCUT2D eigenvalue weighted by molar-refractivity contribution is -0.115. The van der Waals surface area contributed by atoms with Gasteiger partial charge in [-0.05, 0) is 36.8 Å². The van der Waals surface area contributed by atoms with Crippen LogP contribution in [0.1, 0.15) is 11.1 Å². The second-order valence-electron chi connectivity index (χ2n) is 6.00. The molecule has 5 nitrogen and oxygen atoms in total. The predicted molar refractivity (Wildman–Crippen MR) is 104 cm³/mol. The number of benzene rings is 2. The van der Waals surface area contributed by atoms with Crippen LogP contribution in [0, 0.1) is 6.92 Å². The molecule has 1 heterocycles. The molecule has 0 saturated carbocycles. The third-order valence-electron chi connectivity index (χ3n) is 3.87. The second kappa shape index (κ2) is 8.16. The van der Waals surface area contributed by atoms with Crippen molar-refractivity contribution in [1.29, 1.82) is 0 Å². The summed E-state index contributed by atoms with van der Waals surface area (Å²) in [5.74, 6) is 1.22. The number of nitrogens with zero attached hydrogens (tertiary/aromatic N) is 1. The number of aryl methyl sites for hydroxylation is 1. The number of hydrogen-bond acceptors (Lipinski definition) is 4. The number of amides is 1. The second-order valence-corrected chi connectivity index (χ2v) is 6.00. The van der Waals surface area contributed by atoms with Gasteiger partial charge in [0.25, 0.3) is 0 Å². The number of pyridine rings is 1. The van der Waals surface area contributed by atoms with Crippen LogP contribution in [0.5, 0.6) is 5.75 Å². The Morgan fingerprint density at radius 1 is 1.04 bits per heavy atom. The molecule has 0 fully saturated rings. The number of ether oxygens (including phenoxy) is 1. The largest absolute Gasteiger partial charge is 0.497 e. The Hall–Kier alpha value is -3.34. The average Bonchev–Trinajstić information content (AvgIpc) is 2.65. The van der Waals surface area contributed by atoms with Crippen molar-refractivity contribution in [2.24, 2.45) is 0 Å². The molecule has 0 aliphatic heterocycles. The number of nitrogens with one attached hydrogen (secondary N) is 2. The zero-order chi connectivity index (χ0) is 18.4. The van der Waals surface area contributed by atoms with Crippen LogP contribution in [0.25, 0.3) is 0 Å². The monoisotopic (exact) mass is 347 g/mol. The molecular formula is C21H21N3O2. The summed E-state index contributed by atoms with van der Waals surface area (Å²) in [7, 11) is 1.63. The van der Waals surface area contributed by atoms with E-state index in [2.05, 4.69) is 15.6 Å². The van der Waals surface area contributed by atoms with E-state index in [1.54, 1.807) is 19.4 Å². The van der Waals surface area contributed by atoms with Gasteiger partial charge in [-0.1, -0.05) is 35.9 Å². The van der Waals surface area contributed by atoms with Crippen molar-refractivity contribution in [2.45, 2.75) is 13.3 Å². The minimum atomic E-state index is -0.0881. The first-order valence-corrected chi connectivity index (χ1v) is 8.35. The minimum absolute atomic E-state index is 0.0881. The fourth-order valence-corrected chi connectivity index (χ4v) is 2.49. The number of aromatic nitrogens is 1. The Balaban J connectivity index is 1.58. The highest BCUT2D eigenvalue weighted by molar-refractivity contribution is 5.91. The summed E-state index contributed by atoms with van der Waals surface area (Å²) in [5.41, 5.74) is 3.89. The van der Waals surface area contributed by atoms with Crippen molar-refractivity contribution >= 4 is 23.1 Å². The lowest BCUT2D eigenvalue weighted by Crippen LogP contribution is -2.15. The SMILES string of the molecule is COc1cccc(Nc2ccc(NC(=O)Cc3ccc(C)cc3)nc2)c1. The first-order valence-electron chi connectivity index (χ1n) is 8.35. The number of methoxy groups -OCH3 is 1. The minimum Gasteiger partial charge on any atom is -0.497 e. The molecule has 2 N–H and O–H groups in total. The molecule has 0 radical (unpaired) electrons. The number of anilines is 3. The van der Waals surface area contributed by atoms with E-state index in [-0.39, 0.29) is 5.91 Å². The van der Waals surface area contributed by atoms with Gasteiger partial charge in [0.15, 0.2) is 0 Å². The maximum Gasteiger partial charge on any atom is 0.229 e. The van der Waals surface area contributed by atoms with Gasteiger partial charge < -0.3 is 15.4 Å². The average molecular weight is 347 g/mol. The zero-order valence-electron chi connectivity index (χ0n) is 14.8. The van der Waals surface area contributed by atoms with E-state index in [1.807, 2.05) is 61.5 Å². The molecular weight excluding hydrogens is 326 g/mol. The van der Waals surface area contributed by atoms with E-state index in [0.717, 1.165) is 22.7 Å². The van der Waals surface area contributed by atoms with E-state index in [9.17, 15) is 4.79 Å². The van der Waals surface area contributed by atoms with Crippen molar-refractivity contribution in [3.63, 3.8) is 0 Å². The normalized spacial score (nSPS) is 10.2. The molecule has 0 aliphatic rings. The molecule has 0 atom stereocenters. The van der Waals surface area contributed by atoms with Crippen LogP contribution < -0.4 is 15.4 Å². The third-order valence-corrected chi connectivity index (χ3v) is 3.87. The fourth-order valence-electron chi connectivity index (χ4n) is 2.49. The van der Waals surface area contributed by atoms with Gasteiger partial charge in [0.2, 0.25) is 5.91 Å². The van der Waals surface area contributed by atoms with Crippen LogP contribution in [-0.4, -0.2) is 18.0 Å². The fraction of sp³-hybridized carbons (Fsp3) is 0.143. The quantitative estimate of drug-likeness (QED) is 0.697. The van der Waals surface area contributed by atoms with E-state index in [4.69, 9.17) is 4.74 Å². The van der Waals surface area contributed by atoms with Crippen LogP contribution in [0.15, 0.2) is 66.9 Å². The van der Waals surface area contributed by atoms with E-state index in [0.29, 0.717) is 12.2 Å². The summed E-state index contributed by atoms with van der Waals surface area (Å²) < 4.78 is 5.21. The molecule has 0 spiro atoms. The number of carbonyl (C=O) groups is 1. The molecule has 0 aliphatic carbocycles. The van der Waals surface area contributed by atoms with Gasteiger partial charge in [0.1, 0.15) is 11.6 Å². The maximum atomic E-state index is 12.1. The molecule has 132 valence electrons. The molecule has 0 unspecified atom stereocenters. The molecule has 2 aromatic carbocycles. The molecule has 0 saturated heterocycles. The molecule has 3 rings (SSSR count). The summed E-state index contributed by atoms with van der Waals surface area (Å²) in [6.07, 6.45) is 2.01. The molecule has 3 aromatic rings. The van der Waals surface area contributed by atoms with E-state index >= 15 is 0 Å². The van der Waals surface area contributed by atoms with Gasteiger partial charge in [0, 0.05) is 11.8 Å². The standard InChI is InChI=1S/C21H21N3O2/c1-15-6-8-16(9-7-15)12-21(25)24-20-11-10-18(14-22-20)23-17-4-3-5-19(13-17)26-2/h3-11,13-14,23H,12H2,1-2H3,(H,22,24,25). The van der Waals surface area contributed by atoms with E-state index in [1.165, 1.54) is 5.56 Å². The summed E-state index contributed by atoms with van der Waals surface area (Å²) in [4.78, 5) is 16.4. The van der Waals surface area contributed by atoms with Gasteiger partial charge in [-0.25, -0.2) is 4.98 Å². The Morgan fingerprint density at radius 3 is 2.54 bits per heavy atom. The summed E-state index contributed by atoms with van der Waals surface area (Å²) in [5, 5.41) is 6.07. The van der Waals surface area contributed by atoms with Crippen LogP contribution >= 0.6 is 0 Å². The number of rotatable bonds is 6. The van der Waals surface area contributed by atoms with Crippen molar-refractivity contribution < 1.29 is 9.53 Å².